The van der Waals surface area contributed by atoms with Crippen molar-refractivity contribution in [2.45, 2.75) is 42.8 Å². The maximum Gasteiger partial charge on any atom is 0.312 e. The zero-order chi connectivity index (χ0) is 17.9. The van der Waals surface area contributed by atoms with Crippen LogP contribution in [0.1, 0.15) is 48.9 Å². The molecule has 26 heavy (non-hydrogen) atoms. The summed E-state index contributed by atoms with van der Waals surface area (Å²) >= 11 is 3.92. The zero-order valence-corrected chi connectivity index (χ0v) is 16.2. The van der Waals surface area contributed by atoms with Crippen molar-refractivity contribution in [1.29, 1.82) is 0 Å². The van der Waals surface area contributed by atoms with Crippen molar-refractivity contribution in [2.24, 2.45) is 17.3 Å². The number of hydrogen-bond donors (Lipinski definition) is 1. The first-order valence-electron chi connectivity index (χ1n) is 9.42. The van der Waals surface area contributed by atoms with Crippen molar-refractivity contribution < 1.29 is 14.3 Å². The number of esters is 1. The van der Waals surface area contributed by atoms with E-state index in [-0.39, 0.29) is 28.1 Å². The van der Waals surface area contributed by atoms with Crippen LogP contribution in [0.5, 0.6) is 0 Å². The Morgan fingerprint density at radius 2 is 1.88 bits per heavy atom. The molecular weight excluding hydrogens is 394 g/mol. The molecule has 0 spiro atoms. The number of para-hydroxylation sites is 1. The average Bonchev–Trinajstić information content (AvgIpc) is 3.01. The van der Waals surface area contributed by atoms with Gasteiger partial charge >= 0.3 is 5.97 Å². The van der Waals surface area contributed by atoms with Gasteiger partial charge in [-0.25, -0.2) is 0 Å². The minimum Gasteiger partial charge on any atom is -0.457 e. The second-order valence-corrected chi connectivity index (χ2v) is 10.3. The van der Waals surface area contributed by atoms with Gasteiger partial charge in [0.15, 0.2) is 6.61 Å². The minimum absolute atomic E-state index is 0.108. The van der Waals surface area contributed by atoms with E-state index in [1.54, 1.807) is 6.20 Å². The normalized spacial score (nSPS) is 35.0. The molecule has 1 heterocycles. The van der Waals surface area contributed by atoms with Gasteiger partial charge in [0, 0.05) is 27.0 Å². The Bertz CT molecular complexity index is 888. The summed E-state index contributed by atoms with van der Waals surface area (Å²) in [7, 11) is 0. The van der Waals surface area contributed by atoms with Crippen LogP contribution >= 0.6 is 15.9 Å². The molecule has 4 saturated carbocycles. The van der Waals surface area contributed by atoms with Crippen LogP contribution in [0, 0.1) is 17.3 Å². The molecule has 0 radical (unpaired) electrons. The van der Waals surface area contributed by atoms with E-state index in [0.29, 0.717) is 17.4 Å². The van der Waals surface area contributed by atoms with E-state index in [4.69, 9.17) is 4.74 Å². The minimum atomic E-state index is -0.381. The molecule has 136 valence electrons. The fourth-order valence-corrected chi connectivity index (χ4v) is 7.51. The number of H-pyrrole nitrogens is 1. The topological polar surface area (TPSA) is 59.2 Å². The third-order valence-electron chi connectivity index (χ3n) is 6.65. The fourth-order valence-electron chi connectivity index (χ4n) is 6.05. The molecular formula is C21H22BrNO3. The van der Waals surface area contributed by atoms with E-state index in [9.17, 15) is 9.59 Å². The average molecular weight is 416 g/mol. The van der Waals surface area contributed by atoms with Gasteiger partial charge in [0.25, 0.3) is 0 Å². The number of aromatic amines is 1. The van der Waals surface area contributed by atoms with E-state index in [2.05, 4.69) is 20.9 Å². The number of ketones is 1. The summed E-state index contributed by atoms with van der Waals surface area (Å²) in [6, 6.07) is 7.68. The molecule has 0 amide bonds. The van der Waals surface area contributed by atoms with Crippen LogP contribution in [0.2, 0.25) is 0 Å². The molecule has 1 aromatic heterocycles. The fraction of sp³-hybridized carbons (Fsp3) is 0.524. The van der Waals surface area contributed by atoms with E-state index in [0.717, 1.165) is 30.2 Å². The van der Waals surface area contributed by atoms with E-state index in [1.807, 2.05) is 24.3 Å². The summed E-state index contributed by atoms with van der Waals surface area (Å²) in [6.45, 7) is -0.174. The molecule has 2 aromatic rings. The molecule has 0 saturated heterocycles. The number of hydrogen-bond acceptors (Lipinski definition) is 3. The SMILES string of the molecule is O=C(COC(=O)C12C[C@@H]3C[C@@H](CC(Br)(C3)C1)C2)c1c[nH]c2ccccc12. The maximum absolute atomic E-state index is 13.0. The number of alkyl halides is 1. The van der Waals surface area contributed by atoms with Crippen molar-refractivity contribution >= 4 is 38.6 Å². The van der Waals surface area contributed by atoms with Crippen LogP contribution in [0.4, 0.5) is 0 Å². The Morgan fingerprint density at radius 1 is 1.15 bits per heavy atom. The highest BCUT2D eigenvalue weighted by Gasteiger charge is 2.60. The van der Waals surface area contributed by atoms with Crippen molar-refractivity contribution in [2.75, 3.05) is 6.61 Å². The van der Waals surface area contributed by atoms with Crippen LogP contribution in [0.15, 0.2) is 30.5 Å². The molecule has 4 bridgehead atoms. The molecule has 1 aromatic carbocycles. The molecule has 0 aliphatic heterocycles. The quantitative estimate of drug-likeness (QED) is 0.449. The van der Waals surface area contributed by atoms with Crippen molar-refractivity contribution in [3.05, 3.63) is 36.0 Å². The van der Waals surface area contributed by atoms with Crippen LogP contribution in [-0.4, -0.2) is 27.7 Å². The van der Waals surface area contributed by atoms with Crippen LogP contribution < -0.4 is 0 Å². The first-order valence-corrected chi connectivity index (χ1v) is 10.2. The number of aromatic nitrogens is 1. The number of benzene rings is 1. The zero-order valence-electron chi connectivity index (χ0n) is 14.6. The Morgan fingerprint density at radius 3 is 2.62 bits per heavy atom. The highest BCUT2D eigenvalue weighted by Crippen LogP contribution is 2.64. The molecule has 4 nitrogen and oxygen atoms in total. The molecule has 4 aliphatic rings. The number of Topliss-reactive ketones (excluding diaryl/α,β-unsaturated/α-hetero) is 1. The third-order valence-corrected chi connectivity index (χ3v) is 7.57. The van der Waals surface area contributed by atoms with Crippen LogP contribution in [-0.2, 0) is 9.53 Å². The monoisotopic (exact) mass is 415 g/mol. The Kier molecular flexibility index (Phi) is 3.62. The summed E-state index contributed by atoms with van der Waals surface area (Å²) in [5.41, 5.74) is 1.13. The summed E-state index contributed by atoms with van der Waals surface area (Å²) < 4.78 is 5.69. The summed E-state index contributed by atoms with van der Waals surface area (Å²) in [4.78, 5) is 28.7. The van der Waals surface area contributed by atoms with Crippen LogP contribution in [0.3, 0.4) is 0 Å². The van der Waals surface area contributed by atoms with Gasteiger partial charge in [-0.2, -0.15) is 0 Å². The Hall–Kier alpha value is -1.62. The third kappa shape index (κ3) is 2.55. The maximum atomic E-state index is 13.0. The second kappa shape index (κ2) is 5.69. The van der Waals surface area contributed by atoms with Crippen LogP contribution in [0.25, 0.3) is 10.9 Å². The van der Waals surface area contributed by atoms with Crippen molar-refractivity contribution in [3.8, 4) is 0 Å². The van der Waals surface area contributed by atoms with E-state index < -0.39 is 0 Å². The van der Waals surface area contributed by atoms with Gasteiger partial charge < -0.3 is 9.72 Å². The molecule has 2 unspecified atom stereocenters. The van der Waals surface area contributed by atoms with E-state index >= 15 is 0 Å². The lowest BCUT2D eigenvalue weighted by Gasteiger charge is -2.58. The summed E-state index contributed by atoms with van der Waals surface area (Å²) in [6.07, 6.45) is 8.01. The van der Waals surface area contributed by atoms with Gasteiger partial charge in [-0.1, -0.05) is 34.1 Å². The lowest BCUT2D eigenvalue weighted by atomic mass is 9.49. The van der Waals surface area contributed by atoms with Gasteiger partial charge in [-0.05, 0) is 56.4 Å². The summed E-state index contributed by atoms with van der Waals surface area (Å²) in [5, 5.41) is 0.878. The number of rotatable bonds is 4. The van der Waals surface area contributed by atoms with E-state index in [1.165, 1.54) is 19.3 Å². The molecule has 5 heteroatoms. The van der Waals surface area contributed by atoms with Gasteiger partial charge in [-0.15, -0.1) is 0 Å². The number of carbonyl (C=O) groups is 2. The Labute approximate surface area is 160 Å². The number of carbonyl (C=O) groups excluding carboxylic acids is 2. The molecule has 4 aliphatic carbocycles. The van der Waals surface area contributed by atoms with Gasteiger partial charge in [0.1, 0.15) is 0 Å². The molecule has 4 atom stereocenters. The predicted octanol–water partition coefficient (Wildman–Crippen LogP) is 4.63. The lowest BCUT2D eigenvalue weighted by Crippen LogP contribution is -2.56. The van der Waals surface area contributed by atoms with Crippen molar-refractivity contribution in [3.63, 3.8) is 0 Å². The highest BCUT2D eigenvalue weighted by molar-refractivity contribution is 9.10. The standard InChI is InChI=1S/C21H22BrNO3/c22-21-8-13-5-14(9-21)7-20(6-13,12-21)19(25)26-11-18(24)16-10-23-17-4-2-1-3-15(16)17/h1-4,10,13-14,23H,5-9,11-12H2/t13-,14+,20?,21?. The first-order chi connectivity index (χ1) is 12.5. The largest absolute Gasteiger partial charge is 0.457 e. The predicted molar refractivity (Wildman–Crippen MR) is 102 cm³/mol. The smallest absolute Gasteiger partial charge is 0.312 e. The van der Waals surface area contributed by atoms with Crippen molar-refractivity contribution in [1.82, 2.24) is 4.98 Å². The van der Waals surface area contributed by atoms with Gasteiger partial charge in [-0.3, -0.25) is 9.59 Å². The number of halogens is 1. The number of nitrogens with one attached hydrogen (secondary N) is 1. The van der Waals surface area contributed by atoms with Gasteiger partial charge in [0.05, 0.1) is 5.41 Å². The number of ether oxygens (including phenoxy) is 1. The molecule has 4 fully saturated rings. The lowest BCUT2D eigenvalue weighted by molar-refractivity contribution is -0.168. The Balaban J connectivity index is 1.31. The number of fused-ring (bicyclic) bond motifs is 1. The first kappa shape index (κ1) is 16.5. The second-order valence-electron chi connectivity index (χ2n) is 8.64. The molecule has 6 rings (SSSR count). The highest BCUT2D eigenvalue weighted by atomic mass is 79.9. The summed E-state index contributed by atoms with van der Waals surface area (Å²) in [5.74, 6) is 0.928. The van der Waals surface area contributed by atoms with Gasteiger partial charge in [0.2, 0.25) is 5.78 Å². The molecule has 1 N–H and O–H groups in total.